The Hall–Kier alpha value is -2.74. The fourth-order valence-electron chi connectivity index (χ4n) is 3.28. The molecular weight excluding hydrogens is 398 g/mol. The maximum atomic E-state index is 6.00. The smallest absolute Gasteiger partial charge is 0.212 e. The van der Waals surface area contributed by atoms with Crippen LogP contribution in [0, 0.1) is 0 Å². The number of fused-ring (bicyclic) bond motifs is 4. The monoisotopic (exact) mass is 413 g/mol. The third kappa shape index (κ3) is 2.48. The maximum absolute atomic E-state index is 6.00. The average Bonchev–Trinajstić information content (AvgIpc) is 2.81. The lowest BCUT2D eigenvalue weighted by Gasteiger charge is -2.24. The summed E-state index contributed by atoms with van der Waals surface area (Å²) in [6.45, 7) is 1.28. The zero-order valence-corrected chi connectivity index (χ0v) is 15.4. The molecule has 0 bridgehead atoms. The molecule has 1 atom stereocenters. The molecule has 0 fully saturated rings. The number of ether oxygens (including phenoxy) is 2. The Morgan fingerprint density at radius 1 is 1.12 bits per heavy atom. The molecule has 3 heterocycles. The van der Waals surface area contributed by atoms with Crippen LogP contribution in [0.1, 0.15) is 18.2 Å². The number of nitrogens with one attached hydrogen (secondary N) is 1. The van der Waals surface area contributed by atoms with E-state index in [9.17, 15) is 0 Å². The summed E-state index contributed by atoms with van der Waals surface area (Å²) in [5, 5.41) is 3.05. The highest BCUT2D eigenvalue weighted by Crippen LogP contribution is 2.39. The van der Waals surface area contributed by atoms with E-state index in [-0.39, 0.29) is 6.17 Å². The largest absolute Gasteiger partial charge is 0.489 e. The van der Waals surface area contributed by atoms with E-state index in [1.54, 1.807) is 0 Å². The van der Waals surface area contributed by atoms with E-state index in [4.69, 9.17) is 15.2 Å². The number of nitrogens with two attached hydrogens (primary N) is 1. The van der Waals surface area contributed by atoms with Gasteiger partial charge in [-0.25, -0.2) is 9.98 Å². The normalized spacial score (nSPS) is 18.7. The first-order valence-electron chi connectivity index (χ1n) is 8.36. The molecule has 2 aliphatic rings. The minimum absolute atomic E-state index is 0.297. The van der Waals surface area contributed by atoms with Crippen LogP contribution in [0.2, 0.25) is 0 Å². The number of rotatable bonds is 1. The van der Waals surface area contributed by atoms with Gasteiger partial charge in [-0.15, -0.1) is 0 Å². The highest BCUT2D eigenvalue weighted by molar-refractivity contribution is 9.10. The highest BCUT2D eigenvalue weighted by atomic mass is 79.9. The Kier molecular flexibility index (Phi) is 3.53. The number of benzene rings is 2. The molecule has 0 saturated carbocycles. The minimum Gasteiger partial charge on any atom is -0.489 e. The lowest BCUT2D eigenvalue weighted by atomic mass is 10.1. The van der Waals surface area contributed by atoms with E-state index in [0.29, 0.717) is 25.1 Å². The first kappa shape index (κ1) is 15.5. The number of hydrogen-bond donors (Lipinski definition) is 2. The summed E-state index contributed by atoms with van der Waals surface area (Å²) in [6.07, 6.45) is 0.565. The number of nitrogens with zero attached hydrogens (tertiary/aromatic N) is 3. The Morgan fingerprint density at radius 3 is 2.62 bits per heavy atom. The van der Waals surface area contributed by atoms with E-state index in [1.807, 2.05) is 41.0 Å². The molecule has 132 valence electrons. The van der Waals surface area contributed by atoms with Gasteiger partial charge in [0.15, 0.2) is 23.6 Å². The first-order chi connectivity index (χ1) is 12.7. The Balaban J connectivity index is 1.70. The second-order valence-corrected chi connectivity index (χ2v) is 7.12. The Labute approximate surface area is 158 Å². The van der Waals surface area contributed by atoms with Crippen molar-refractivity contribution >= 4 is 38.9 Å². The quantitative estimate of drug-likeness (QED) is 0.639. The van der Waals surface area contributed by atoms with Crippen molar-refractivity contribution in [3.8, 4) is 11.5 Å². The molecule has 2 aromatic carbocycles. The van der Waals surface area contributed by atoms with E-state index < -0.39 is 0 Å². The number of hydrogen-bond acceptors (Lipinski definition) is 6. The molecule has 7 nitrogen and oxygen atoms in total. The van der Waals surface area contributed by atoms with Crippen LogP contribution in [0.25, 0.3) is 11.0 Å². The molecule has 0 radical (unpaired) electrons. The van der Waals surface area contributed by atoms with Crippen molar-refractivity contribution in [2.24, 2.45) is 10.7 Å². The highest BCUT2D eigenvalue weighted by Gasteiger charge is 2.26. The molecule has 5 rings (SSSR count). The van der Waals surface area contributed by atoms with Crippen molar-refractivity contribution in [1.29, 1.82) is 0 Å². The van der Waals surface area contributed by atoms with Crippen LogP contribution in [-0.4, -0.2) is 28.7 Å². The molecule has 3 aromatic rings. The fourth-order valence-corrected chi connectivity index (χ4v) is 3.55. The summed E-state index contributed by atoms with van der Waals surface area (Å²) in [4.78, 5) is 9.28. The number of imidazole rings is 1. The molecule has 1 unspecified atom stereocenters. The summed E-state index contributed by atoms with van der Waals surface area (Å²) < 4.78 is 14.7. The SMILES string of the molecule is NC1=NC(c2ccc(Br)cc2)n2c(nc3cc4c(cc32)OCCCO4)N1. The average molecular weight is 414 g/mol. The molecule has 0 spiro atoms. The predicted molar refractivity (Wildman–Crippen MR) is 103 cm³/mol. The van der Waals surface area contributed by atoms with Crippen molar-refractivity contribution in [3.63, 3.8) is 0 Å². The van der Waals surface area contributed by atoms with Gasteiger partial charge in [0.05, 0.1) is 24.2 Å². The molecular formula is C18H16BrN5O2. The Bertz CT molecular complexity index is 1030. The van der Waals surface area contributed by atoms with Crippen LogP contribution in [0.4, 0.5) is 5.95 Å². The second-order valence-electron chi connectivity index (χ2n) is 6.21. The number of aromatic nitrogens is 2. The molecule has 0 saturated heterocycles. The molecule has 8 heteroatoms. The number of aliphatic imine (C=N–C) groups is 1. The molecule has 26 heavy (non-hydrogen) atoms. The van der Waals surface area contributed by atoms with Gasteiger partial charge in [-0.1, -0.05) is 28.1 Å². The Morgan fingerprint density at radius 2 is 1.85 bits per heavy atom. The number of halogens is 1. The molecule has 2 aliphatic heterocycles. The van der Waals surface area contributed by atoms with Crippen LogP contribution in [0.5, 0.6) is 11.5 Å². The zero-order chi connectivity index (χ0) is 17.7. The van der Waals surface area contributed by atoms with Gasteiger partial charge in [-0.3, -0.25) is 9.88 Å². The van der Waals surface area contributed by atoms with Crippen LogP contribution >= 0.6 is 15.9 Å². The van der Waals surface area contributed by atoms with E-state index >= 15 is 0 Å². The number of guanidine groups is 1. The van der Waals surface area contributed by atoms with Crippen LogP contribution in [0.15, 0.2) is 45.9 Å². The van der Waals surface area contributed by atoms with Crippen LogP contribution in [-0.2, 0) is 0 Å². The van der Waals surface area contributed by atoms with Gasteiger partial charge in [-0.2, -0.15) is 0 Å². The van der Waals surface area contributed by atoms with Crippen molar-refractivity contribution in [3.05, 3.63) is 46.4 Å². The van der Waals surface area contributed by atoms with Gasteiger partial charge in [0.1, 0.15) is 0 Å². The van der Waals surface area contributed by atoms with Gasteiger partial charge < -0.3 is 15.2 Å². The lowest BCUT2D eigenvalue weighted by Crippen LogP contribution is -2.31. The van der Waals surface area contributed by atoms with Crippen molar-refractivity contribution in [1.82, 2.24) is 9.55 Å². The van der Waals surface area contributed by atoms with Crippen molar-refractivity contribution in [2.75, 3.05) is 18.5 Å². The third-order valence-electron chi connectivity index (χ3n) is 4.47. The molecule has 0 amide bonds. The van der Waals surface area contributed by atoms with Gasteiger partial charge in [0, 0.05) is 23.0 Å². The minimum atomic E-state index is -0.297. The molecule has 1 aromatic heterocycles. The summed E-state index contributed by atoms with van der Waals surface area (Å²) in [6, 6.07) is 11.9. The summed E-state index contributed by atoms with van der Waals surface area (Å²) in [5.74, 6) is 2.45. The summed E-state index contributed by atoms with van der Waals surface area (Å²) in [5.41, 5.74) is 8.74. The second kappa shape index (κ2) is 5.91. The lowest BCUT2D eigenvalue weighted by molar-refractivity contribution is 0.297. The maximum Gasteiger partial charge on any atom is 0.212 e. The standard InChI is InChI=1S/C18H16BrN5O2/c19-11-4-2-10(3-5-11)16-22-17(20)23-18-21-12-8-14-15(9-13(12)24(16)18)26-7-1-6-25-14/h2-5,8-9,16H,1,6-7H2,(H3,20,21,22,23). The van der Waals surface area contributed by atoms with Gasteiger partial charge in [0.2, 0.25) is 5.95 Å². The van der Waals surface area contributed by atoms with Crippen LogP contribution < -0.4 is 20.5 Å². The van der Waals surface area contributed by atoms with Crippen molar-refractivity contribution in [2.45, 2.75) is 12.6 Å². The zero-order valence-electron chi connectivity index (χ0n) is 13.8. The number of anilines is 1. The predicted octanol–water partition coefficient (Wildman–Crippen LogP) is 3.25. The van der Waals surface area contributed by atoms with Gasteiger partial charge >= 0.3 is 0 Å². The van der Waals surface area contributed by atoms with E-state index in [1.165, 1.54) is 0 Å². The molecule has 3 N–H and O–H groups in total. The van der Waals surface area contributed by atoms with E-state index in [2.05, 4.69) is 31.2 Å². The van der Waals surface area contributed by atoms with E-state index in [0.717, 1.165) is 39.0 Å². The summed E-state index contributed by atoms with van der Waals surface area (Å²) >= 11 is 3.47. The van der Waals surface area contributed by atoms with Gasteiger partial charge in [-0.05, 0) is 17.7 Å². The topological polar surface area (TPSA) is 86.7 Å². The molecule has 0 aliphatic carbocycles. The first-order valence-corrected chi connectivity index (χ1v) is 9.16. The fraction of sp³-hybridized carbons (Fsp3) is 0.222. The van der Waals surface area contributed by atoms with Crippen LogP contribution in [0.3, 0.4) is 0 Å². The van der Waals surface area contributed by atoms with Gasteiger partial charge in [0.25, 0.3) is 0 Å². The summed E-state index contributed by atoms with van der Waals surface area (Å²) in [7, 11) is 0. The van der Waals surface area contributed by atoms with Crippen molar-refractivity contribution < 1.29 is 9.47 Å². The third-order valence-corrected chi connectivity index (χ3v) is 5.00.